The molecule has 0 radical (unpaired) electrons. The monoisotopic (exact) mass is 395 g/mol. The number of imide groups is 1. The van der Waals surface area contributed by atoms with Gasteiger partial charge in [0.25, 0.3) is 0 Å². The predicted molar refractivity (Wildman–Crippen MR) is 112 cm³/mol. The zero-order chi connectivity index (χ0) is 20.6. The van der Waals surface area contributed by atoms with Crippen molar-refractivity contribution in [3.05, 3.63) is 65.7 Å². The molecule has 1 heterocycles. The Morgan fingerprint density at radius 1 is 1.17 bits per heavy atom. The second kappa shape index (κ2) is 10.1. The Morgan fingerprint density at radius 2 is 1.97 bits per heavy atom. The van der Waals surface area contributed by atoms with Gasteiger partial charge in [-0.2, -0.15) is 0 Å². The zero-order valence-electron chi connectivity index (χ0n) is 17.2. The molecule has 0 aliphatic carbocycles. The molecule has 1 aliphatic heterocycles. The van der Waals surface area contributed by atoms with Crippen LogP contribution in [0.1, 0.15) is 62.6 Å². The number of unbranched alkanes of at least 4 members (excludes halogenated alkanes) is 1. The van der Waals surface area contributed by atoms with Crippen LogP contribution in [0.15, 0.2) is 54.6 Å². The van der Waals surface area contributed by atoms with Gasteiger partial charge in [0.2, 0.25) is 5.91 Å². The maximum Gasteiger partial charge on any atom is 0.417 e. The smallest absolute Gasteiger partial charge is 0.417 e. The van der Waals surface area contributed by atoms with Crippen molar-refractivity contribution >= 4 is 12.0 Å². The van der Waals surface area contributed by atoms with Crippen molar-refractivity contribution < 1.29 is 19.1 Å². The Morgan fingerprint density at radius 3 is 2.69 bits per heavy atom. The first-order chi connectivity index (χ1) is 14.1. The molecule has 1 aliphatic rings. The Bertz CT molecular complexity index is 821. The van der Waals surface area contributed by atoms with Crippen LogP contribution in [0.4, 0.5) is 4.79 Å². The maximum atomic E-state index is 13.1. The summed E-state index contributed by atoms with van der Waals surface area (Å²) in [5.41, 5.74) is 1.96. The zero-order valence-corrected chi connectivity index (χ0v) is 17.2. The molecule has 0 spiro atoms. The van der Waals surface area contributed by atoms with Crippen molar-refractivity contribution in [2.24, 2.45) is 0 Å². The number of hydrogen-bond acceptors (Lipinski definition) is 4. The van der Waals surface area contributed by atoms with Crippen molar-refractivity contribution in [2.75, 3.05) is 13.2 Å². The molecule has 0 N–H and O–H groups in total. The molecular weight excluding hydrogens is 366 g/mol. The molecule has 3 rings (SSSR count). The Hall–Kier alpha value is -2.82. The molecule has 0 aromatic heterocycles. The van der Waals surface area contributed by atoms with Gasteiger partial charge >= 0.3 is 6.09 Å². The third-order valence-corrected chi connectivity index (χ3v) is 5.34. The number of nitrogens with zero attached hydrogens (tertiary/aromatic N) is 1. The topological polar surface area (TPSA) is 55.8 Å². The molecule has 0 saturated carbocycles. The van der Waals surface area contributed by atoms with Crippen LogP contribution in [0.5, 0.6) is 5.75 Å². The summed E-state index contributed by atoms with van der Waals surface area (Å²) in [6.45, 7) is 5.07. The van der Waals surface area contributed by atoms with Crippen molar-refractivity contribution in [1.82, 2.24) is 4.90 Å². The highest BCUT2D eigenvalue weighted by atomic mass is 16.6. The SMILES string of the molecule is CCCCOc1cccc([C@H](CC)CC(=O)N2C(=O)OC[C@@H]2c2ccccc2)c1. The molecule has 2 amide bonds. The molecular formula is C24H29NO4. The van der Waals surface area contributed by atoms with Gasteiger partial charge in [0.05, 0.1) is 6.61 Å². The van der Waals surface area contributed by atoms with Gasteiger partial charge in [0.15, 0.2) is 0 Å². The van der Waals surface area contributed by atoms with E-state index in [1.165, 1.54) is 4.90 Å². The van der Waals surface area contributed by atoms with E-state index in [0.29, 0.717) is 6.61 Å². The fourth-order valence-electron chi connectivity index (χ4n) is 3.62. The van der Waals surface area contributed by atoms with Gasteiger partial charge in [-0.15, -0.1) is 0 Å². The third-order valence-electron chi connectivity index (χ3n) is 5.34. The van der Waals surface area contributed by atoms with E-state index in [4.69, 9.17) is 9.47 Å². The second-order valence-corrected chi connectivity index (χ2v) is 7.35. The quantitative estimate of drug-likeness (QED) is 0.528. The molecule has 0 unspecified atom stereocenters. The van der Waals surface area contributed by atoms with Crippen molar-refractivity contribution in [2.45, 2.75) is 51.5 Å². The molecule has 5 nitrogen and oxygen atoms in total. The summed E-state index contributed by atoms with van der Waals surface area (Å²) in [4.78, 5) is 26.6. The van der Waals surface area contributed by atoms with Gasteiger partial charge in [0, 0.05) is 6.42 Å². The molecule has 154 valence electrons. The van der Waals surface area contributed by atoms with Crippen LogP contribution in [0, 0.1) is 0 Å². The van der Waals surface area contributed by atoms with E-state index in [2.05, 4.69) is 13.8 Å². The van der Waals surface area contributed by atoms with Gasteiger partial charge in [-0.25, -0.2) is 9.69 Å². The number of carbonyl (C=O) groups excluding carboxylic acids is 2. The highest BCUT2D eigenvalue weighted by molar-refractivity contribution is 5.94. The van der Waals surface area contributed by atoms with Gasteiger partial charge in [-0.05, 0) is 42.0 Å². The summed E-state index contributed by atoms with van der Waals surface area (Å²) in [6, 6.07) is 17.1. The minimum atomic E-state index is -0.560. The van der Waals surface area contributed by atoms with Crippen LogP contribution in [-0.2, 0) is 9.53 Å². The number of amides is 2. The largest absolute Gasteiger partial charge is 0.494 e. The number of rotatable bonds is 9. The van der Waals surface area contributed by atoms with Crippen LogP contribution < -0.4 is 4.74 Å². The Balaban J connectivity index is 1.72. The maximum absolute atomic E-state index is 13.1. The molecule has 2 atom stereocenters. The van der Waals surface area contributed by atoms with E-state index in [9.17, 15) is 9.59 Å². The highest BCUT2D eigenvalue weighted by Crippen LogP contribution is 2.32. The molecule has 1 saturated heterocycles. The van der Waals surface area contributed by atoms with Crippen molar-refractivity contribution in [3.8, 4) is 5.75 Å². The summed E-state index contributed by atoms with van der Waals surface area (Å²) in [7, 11) is 0. The first-order valence-electron chi connectivity index (χ1n) is 10.4. The van der Waals surface area contributed by atoms with Crippen molar-refractivity contribution in [1.29, 1.82) is 0 Å². The minimum Gasteiger partial charge on any atom is -0.494 e. The summed E-state index contributed by atoms with van der Waals surface area (Å²) < 4.78 is 11.0. The summed E-state index contributed by atoms with van der Waals surface area (Å²) in [6.07, 6.45) is 2.59. The van der Waals surface area contributed by atoms with Gasteiger partial charge in [-0.1, -0.05) is 62.7 Å². The summed E-state index contributed by atoms with van der Waals surface area (Å²) in [5, 5.41) is 0. The first-order valence-corrected chi connectivity index (χ1v) is 10.4. The molecule has 0 bridgehead atoms. The van der Waals surface area contributed by atoms with Gasteiger partial charge < -0.3 is 9.47 Å². The second-order valence-electron chi connectivity index (χ2n) is 7.35. The average molecular weight is 395 g/mol. The lowest BCUT2D eigenvalue weighted by atomic mass is 9.92. The average Bonchev–Trinajstić information content (AvgIpc) is 3.14. The standard InChI is InChI=1S/C24H29NO4/c1-3-5-14-28-21-13-9-12-20(15-21)18(4-2)16-23(26)25-22(17-29-24(25)27)19-10-7-6-8-11-19/h6-13,15,18,22H,3-5,14,16-17H2,1-2H3/t18-,22-/m1/s1. The Labute approximate surface area is 172 Å². The van der Waals surface area contributed by atoms with E-state index in [1.54, 1.807) is 0 Å². The lowest BCUT2D eigenvalue weighted by molar-refractivity contribution is -0.129. The third kappa shape index (κ3) is 5.17. The lowest BCUT2D eigenvalue weighted by Crippen LogP contribution is -2.35. The molecule has 5 heteroatoms. The van der Waals surface area contributed by atoms with E-state index in [0.717, 1.165) is 36.1 Å². The van der Waals surface area contributed by atoms with Crippen molar-refractivity contribution in [3.63, 3.8) is 0 Å². The van der Waals surface area contributed by atoms with Crippen LogP contribution in [0.2, 0.25) is 0 Å². The molecule has 1 fully saturated rings. The predicted octanol–water partition coefficient (Wildman–Crippen LogP) is 5.47. The van der Waals surface area contributed by atoms with Crippen LogP contribution in [0.3, 0.4) is 0 Å². The van der Waals surface area contributed by atoms with Gasteiger partial charge in [0.1, 0.15) is 18.4 Å². The lowest BCUT2D eigenvalue weighted by Gasteiger charge is -2.23. The fourth-order valence-corrected chi connectivity index (χ4v) is 3.62. The van der Waals surface area contributed by atoms with Crippen LogP contribution in [0.25, 0.3) is 0 Å². The van der Waals surface area contributed by atoms with Crippen LogP contribution in [-0.4, -0.2) is 30.1 Å². The number of benzene rings is 2. The molecule has 2 aromatic rings. The number of cyclic esters (lactones) is 1. The number of hydrogen-bond donors (Lipinski definition) is 0. The summed E-state index contributed by atoms with van der Waals surface area (Å²) >= 11 is 0. The van der Waals surface area contributed by atoms with E-state index in [1.807, 2.05) is 54.6 Å². The number of ether oxygens (including phenoxy) is 2. The van der Waals surface area contributed by atoms with Gasteiger partial charge in [-0.3, -0.25) is 4.79 Å². The fraction of sp³-hybridized carbons (Fsp3) is 0.417. The normalized spacial score (nSPS) is 17.1. The summed E-state index contributed by atoms with van der Waals surface area (Å²) in [5.74, 6) is 0.636. The highest BCUT2D eigenvalue weighted by Gasteiger charge is 2.39. The van der Waals surface area contributed by atoms with Crippen LogP contribution >= 0.6 is 0 Å². The molecule has 2 aromatic carbocycles. The van der Waals surface area contributed by atoms with E-state index < -0.39 is 6.09 Å². The van der Waals surface area contributed by atoms with E-state index in [-0.39, 0.29) is 30.9 Å². The molecule has 29 heavy (non-hydrogen) atoms. The first kappa shape index (κ1) is 20.9. The van der Waals surface area contributed by atoms with E-state index >= 15 is 0 Å². The minimum absolute atomic E-state index is 0.0158. The Kier molecular flexibility index (Phi) is 7.28. The number of carbonyl (C=O) groups is 2.